The minimum atomic E-state index is -0.207. The number of imide groups is 1. The summed E-state index contributed by atoms with van der Waals surface area (Å²) in [7, 11) is 0. The van der Waals surface area contributed by atoms with Gasteiger partial charge in [-0.2, -0.15) is 0 Å². The fourth-order valence-corrected chi connectivity index (χ4v) is 5.35. The number of aryl methyl sites for hydroxylation is 1. The Morgan fingerprint density at radius 2 is 1.76 bits per heavy atom. The Labute approximate surface area is 201 Å². The van der Waals surface area contributed by atoms with Gasteiger partial charge in [-0.3, -0.25) is 29.1 Å². The molecule has 9 heteroatoms. The van der Waals surface area contributed by atoms with E-state index in [9.17, 15) is 14.4 Å². The summed E-state index contributed by atoms with van der Waals surface area (Å²) < 4.78 is 6.49. The van der Waals surface area contributed by atoms with Crippen LogP contribution in [-0.4, -0.2) is 67.0 Å². The molecule has 34 heavy (non-hydrogen) atoms. The van der Waals surface area contributed by atoms with E-state index in [2.05, 4.69) is 11.0 Å². The number of benzene rings is 2. The topological polar surface area (TPSA) is 83.1 Å². The van der Waals surface area contributed by atoms with Crippen molar-refractivity contribution in [3.8, 4) is 0 Å². The van der Waals surface area contributed by atoms with E-state index in [4.69, 9.17) is 9.72 Å². The maximum absolute atomic E-state index is 13.6. The molecule has 0 unspecified atom stereocenters. The van der Waals surface area contributed by atoms with Crippen LogP contribution in [0.5, 0.6) is 0 Å². The highest BCUT2D eigenvalue weighted by molar-refractivity contribution is 7.22. The van der Waals surface area contributed by atoms with Crippen LogP contribution < -0.4 is 9.80 Å². The van der Waals surface area contributed by atoms with E-state index in [1.54, 1.807) is 29.2 Å². The largest absolute Gasteiger partial charge is 0.379 e. The highest BCUT2D eigenvalue weighted by Crippen LogP contribution is 2.31. The second kappa shape index (κ2) is 9.61. The van der Waals surface area contributed by atoms with E-state index in [-0.39, 0.29) is 30.6 Å². The fraction of sp³-hybridized carbons (Fsp3) is 0.360. The van der Waals surface area contributed by atoms with Crippen molar-refractivity contribution in [2.45, 2.75) is 19.8 Å². The van der Waals surface area contributed by atoms with Gasteiger partial charge in [0.1, 0.15) is 0 Å². The molecule has 2 aliphatic rings. The van der Waals surface area contributed by atoms with Crippen LogP contribution in [0.2, 0.25) is 0 Å². The highest BCUT2D eigenvalue weighted by atomic mass is 32.1. The van der Waals surface area contributed by atoms with Crippen LogP contribution in [0.15, 0.2) is 42.5 Å². The molecule has 2 fully saturated rings. The summed E-state index contributed by atoms with van der Waals surface area (Å²) in [6.45, 7) is 6.34. The van der Waals surface area contributed by atoms with Crippen molar-refractivity contribution >= 4 is 50.1 Å². The molecule has 0 radical (unpaired) electrons. The van der Waals surface area contributed by atoms with Gasteiger partial charge < -0.3 is 4.74 Å². The smallest absolute Gasteiger partial charge is 0.260 e. The van der Waals surface area contributed by atoms with E-state index < -0.39 is 0 Å². The van der Waals surface area contributed by atoms with Crippen molar-refractivity contribution in [3.05, 3.63) is 53.6 Å². The number of anilines is 2. The first-order chi connectivity index (χ1) is 16.5. The Balaban J connectivity index is 1.41. The number of nitrogens with zero attached hydrogens (tertiary/aromatic N) is 4. The first-order valence-corrected chi connectivity index (χ1v) is 12.3. The van der Waals surface area contributed by atoms with E-state index in [0.717, 1.165) is 35.4 Å². The number of morpholine rings is 1. The van der Waals surface area contributed by atoms with E-state index in [1.807, 2.05) is 19.1 Å². The summed E-state index contributed by atoms with van der Waals surface area (Å²) in [5.74, 6) is -0.573. The van der Waals surface area contributed by atoms with Crippen molar-refractivity contribution in [1.82, 2.24) is 9.88 Å². The number of carbonyl (C=O) groups excluding carboxylic acids is 3. The average molecular weight is 479 g/mol. The molecular formula is C25H26N4O4S. The highest BCUT2D eigenvalue weighted by Gasteiger charge is 2.30. The van der Waals surface area contributed by atoms with Crippen molar-refractivity contribution < 1.29 is 19.1 Å². The maximum Gasteiger partial charge on any atom is 0.260 e. The minimum Gasteiger partial charge on any atom is -0.379 e. The van der Waals surface area contributed by atoms with Gasteiger partial charge in [-0.05, 0) is 48.9 Å². The molecule has 2 aromatic carbocycles. The van der Waals surface area contributed by atoms with Gasteiger partial charge in [0, 0.05) is 44.6 Å². The normalized spacial score (nSPS) is 17.0. The molecular weight excluding hydrogens is 452 g/mol. The number of fused-ring (bicyclic) bond motifs is 1. The SMILES string of the molecule is Cc1ccc2nc(N(CCN3CCOCC3)C(=O)c3ccc(N4C(=O)CCC4=O)cc3)sc2c1. The van der Waals surface area contributed by atoms with Crippen molar-refractivity contribution in [1.29, 1.82) is 0 Å². The molecule has 0 atom stereocenters. The van der Waals surface area contributed by atoms with E-state index in [1.165, 1.54) is 16.2 Å². The lowest BCUT2D eigenvalue weighted by Gasteiger charge is -2.29. The van der Waals surface area contributed by atoms with Gasteiger partial charge in [0.2, 0.25) is 11.8 Å². The third kappa shape index (κ3) is 4.59. The van der Waals surface area contributed by atoms with Crippen molar-refractivity contribution in [2.24, 2.45) is 0 Å². The molecule has 176 valence electrons. The average Bonchev–Trinajstić information content (AvgIpc) is 3.41. The molecule has 0 aliphatic carbocycles. The lowest BCUT2D eigenvalue weighted by Crippen LogP contribution is -2.43. The number of rotatable bonds is 6. The van der Waals surface area contributed by atoms with Crippen LogP contribution in [0, 0.1) is 6.92 Å². The summed E-state index contributed by atoms with van der Waals surface area (Å²) in [5, 5.41) is 0.660. The number of aromatic nitrogens is 1. The fourth-order valence-electron chi connectivity index (χ4n) is 4.26. The standard InChI is InChI=1S/C25H26N4O4S/c1-17-2-7-20-21(16-17)34-25(26-20)28(11-10-27-12-14-33-15-13-27)24(32)18-3-5-19(6-4-18)29-22(30)8-9-23(29)31/h2-7,16H,8-15H2,1H3. The Morgan fingerprint density at radius 1 is 1.06 bits per heavy atom. The molecule has 0 N–H and O–H groups in total. The molecule has 2 aliphatic heterocycles. The van der Waals surface area contributed by atoms with Gasteiger partial charge >= 0.3 is 0 Å². The number of hydrogen-bond donors (Lipinski definition) is 0. The third-order valence-corrected chi connectivity index (χ3v) is 7.22. The Kier molecular flexibility index (Phi) is 6.40. The predicted octanol–water partition coefficient (Wildman–Crippen LogP) is 3.24. The summed E-state index contributed by atoms with van der Waals surface area (Å²) in [6, 6.07) is 12.8. The minimum absolute atomic E-state index is 0.158. The molecule has 3 aromatic rings. The van der Waals surface area contributed by atoms with Gasteiger partial charge in [0.25, 0.3) is 5.91 Å². The van der Waals surface area contributed by atoms with Gasteiger partial charge in [0.05, 0.1) is 29.1 Å². The Hall–Kier alpha value is -3.14. The van der Waals surface area contributed by atoms with Crippen molar-refractivity contribution in [3.63, 3.8) is 0 Å². The molecule has 0 spiro atoms. The maximum atomic E-state index is 13.6. The Bertz CT molecular complexity index is 1220. The van der Waals surface area contributed by atoms with E-state index >= 15 is 0 Å². The summed E-state index contributed by atoms with van der Waals surface area (Å²) in [5.41, 5.74) is 3.01. The number of carbonyl (C=O) groups is 3. The lowest BCUT2D eigenvalue weighted by molar-refractivity contribution is -0.121. The zero-order valence-corrected chi connectivity index (χ0v) is 19.8. The van der Waals surface area contributed by atoms with Crippen LogP contribution >= 0.6 is 11.3 Å². The van der Waals surface area contributed by atoms with Crippen LogP contribution in [-0.2, 0) is 14.3 Å². The Morgan fingerprint density at radius 3 is 2.47 bits per heavy atom. The first kappa shape index (κ1) is 22.6. The summed E-state index contributed by atoms with van der Waals surface area (Å²) in [4.78, 5) is 47.7. The third-order valence-electron chi connectivity index (χ3n) is 6.18. The zero-order chi connectivity index (χ0) is 23.7. The van der Waals surface area contributed by atoms with Gasteiger partial charge in [-0.25, -0.2) is 4.98 Å². The van der Waals surface area contributed by atoms with Gasteiger partial charge in [-0.1, -0.05) is 17.4 Å². The predicted molar refractivity (Wildman–Crippen MR) is 131 cm³/mol. The monoisotopic (exact) mass is 478 g/mol. The van der Waals surface area contributed by atoms with Gasteiger partial charge in [-0.15, -0.1) is 0 Å². The summed E-state index contributed by atoms with van der Waals surface area (Å²) >= 11 is 1.51. The number of amides is 3. The van der Waals surface area contributed by atoms with Crippen molar-refractivity contribution in [2.75, 3.05) is 49.2 Å². The quantitative estimate of drug-likeness (QED) is 0.506. The van der Waals surface area contributed by atoms with Crippen LogP contribution in [0.3, 0.4) is 0 Å². The van der Waals surface area contributed by atoms with Crippen LogP contribution in [0.1, 0.15) is 28.8 Å². The summed E-state index contributed by atoms with van der Waals surface area (Å²) in [6.07, 6.45) is 0.456. The molecule has 0 saturated carbocycles. The van der Waals surface area contributed by atoms with Crippen LogP contribution in [0.25, 0.3) is 10.2 Å². The second-order valence-electron chi connectivity index (χ2n) is 8.55. The lowest BCUT2D eigenvalue weighted by atomic mass is 10.1. The zero-order valence-electron chi connectivity index (χ0n) is 19.0. The molecule has 1 aromatic heterocycles. The molecule has 3 heterocycles. The van der Waals surface area contributed by atoms with Gasteiger partial charge in [0.15, 0.2) is 5.13 Å². The second-order valence-corrected chi connectivity index (χ2v) is 9.56. The van der Waals surface area contributed by atoms with E-state index in [0.29, 0.717) is 36.1 Å². The molecule has 0 bridgehead atoms. The number of hydrogen-bond acceptors (Lipinski definition) is 7. The molecule has 3 amide bonds. The van der Waals surface area contributed by atoms with Crippen LogP contribution in [0.4, 0.5) is 10.8 Å². The first-order valence-electron chi connectivity index (χ1n) is 11.4. The molecule has 8 nitrogen and oxygen atoms in total. The molecule has 2 saturated heterocycles. The molecule has 5 rings (SSSR count). The number of ether oxygens (including phenoxy) is 1. The number of thiazole rings is 1.